The molecule has 1 aromatic rings. The van der Waals surface area contributed by atoms with Crippen molar-refractivity contribution in [1.29, 1.82) is 0 Å². The quantitative estimate of drug-likeness (QED) is 0.737. The Labute approximate surface area is 138 Å². The standard InChI is InChI=1S/C15H21BrN2O4/c1-15(2,3)22-14(21)18-12(13(19)20)8-11(17)9-4-6-10(16)7-5-9/h4-7,11-12H,8,17H2,1-3H3,(H,18,21)(H,19,20)/t11-,12-/m0/s1. The number of alkyl carbamates (subject to hydrolysis) is 1. The van der Waals surface area contributed by atoms with Gasteiger partial charge in [0.2, 0.25) is 0 Å². The van der Waals surface area contributed by atoms with E-state index < -0.39 is 29.7 Å². The van der Waals surface area contributed by atoms with Crippen LogP contribution in [0.15, 0.2) is 28.7 Å². The minimum Gasteiger partial charge on any atom is -0.480 e. The summed E-state index contributed by atoms with van der Waals surface area (Å²) in [6, 6.07) is 5.64. The molecule has 0 radical (unpaired) electrons. The number of carbonyl (C=O) groups is 2. The minimum atomic E-state index is -1.15. The van der Waals surface area contributed by atoms with E-state index >= 15 is 0 Å². The summed E-state index contributed by atoms with van der Waals surface area (Å²) < 4.78 is 5.97. The van der Waals surface area contributed by atoms with Crippen molar-refractivity contribution in [3.05, 3.63) is 34.3 Å². The van der Waals surface area contributed by atoms with E-state index in [1.165, 1.54) is 0 Å². The fourth-order valence-electron chi connectivity index (χ4n) is 1.77. The van der Waals surface area contributed by atoms with Gasteiger partial charge in [-0.1, -0.05) is 28.1 Å². The lowest BCUT2D eigenvalue weighted by Gasteiger charge is -2.23. The zero-order chi connectivity index (χ0) is 16.9. The number of hydrogen-bond donors (Lipinski definition) is 3. The average molecular weight is 373 g/mol. The molecule has 0 saturated heterocycles. The summed E-state index contributed by atoms with van der Waals surface area (Å²) in [5.74, 6) is -1.15. The van der Waals surface area contributed by atoms with Gasteiger partial charge in [-0.25, -0.2) is 9.59 Å². The lowest BCUT2D eigenvalue weighted by Crippen LogP contribution is -2.44. The molecule has 1 aromatic carbocycles. The molecule has 4 N–H and O–H groups in total. The number of carboxylic acids is 1. The van der Waals surface area contributed by atoms with Crippen LogP contribution in [0.4, 0.5) is 4.79 Å². The number of amides is 1. The monoisotopic (exact) mass is 372 g/mol. The summed E-state index contributed by atoms with van der Waals surface area (Å²) in [5.41, 5.74) is 6.11. The first-order valence-electron chi connectivity index (χ1n) is 6.82. The number of nitrogens with one attached hydrogen (secondary N) is 1. The van der Waals surface area contributed by atoms with Gasteiger partial charge in [-0.15, -0.1) is 0 Å². The molecule has 1 rings (SSSR count). The summed E-state index contributed by atoms with van der Waals surface area (Å²) in [6.07, 6.45) is -0.709. The highest BCUT2D eigenvalue weighted by molar-refractivity contribution is 9.10. The fraction of sp³-hybridized carbons (Fsp3) is 0.467. The Morgan fingerprint density at radius 2 is 1.86 bits per heavy atom. The van der Waals surface area contributed by atoms with Crippen LogP contribution >= 0.6 is 15.9 Å². The molecule has 1 amide bonds. The molecule has 122 valence electrons. The molecule has 0 unspecified atom stereocenters. The Hall–Kier alpha value is -1.60. The summed E-state index contributed by atoms with van der Waals surface area (Å²) in [7, 11) is 0. The van der Waals surface area contributed by atoms with E-state index in [0.29, 0.717) is 0 Å². The number of benzene rings is 1. The Morgan fingerprint density at radius 3 is 2.32 bits per heavy atom. The molecular formula is C15H21BrN2O4. The first-order valence-corrected chi connectivity index (χ1v) is 7.61. The molecule has 0 aliphatic carbocycles. The predicted molar refractivity (Wildman–Crippen MR) is 86.5 cm³/mol. The van der Waals surface area contributed by atoms with Gasteiger partial charge in [0.1, 0.15) is 11.6 Å². The molecule has 7 heteroatoms. The van der Waals surface area contributed by atoms with Crippen LogP contribution in [-0.2, 0) is 9.53 Å². The van der Waals surface area contributed by atoms with Crippen molar-refractivity contribution in [2.45, 2.75) is 44.9 Å². The van der Waals surface area contributed by atoms with Crippen LogP contribution < -0.4 is 11.1 Å². The van der Waals surface area contributed by atoms with Crippen molar-refractivity contribution in [3.8, 4) is 0 Å². The third kappa shape index (κ3) is 6.44. The largest absolute Gasteiger partial charge is 0.480 e. The van der Waals surface area contributed by atoms with Crippen LogP contribution in [0.1, 0.15) is 38.8 Å². The lowest BCUT2D eigenvalue weighted by molar-refractivity contribution is -0.139. The molecule has 0 fully saturated rings. The van der Waals surface area contributed by atoms with E-state index in [-0.39, 0.29) is 6.42 Å². The number of hydrogen-bond acceptors (Lipinski definition) is 4. The third-order valence-corrected chi connectivity index (χ3v) is 3.31. The molecule has 0 bridgehead atoms. The van der Waals surface area contributed by atoms with Crippen LogP contribution in [0.5, 0.6) is 0 Å². The number of aliphatic carboxylic acids is 1. The van der Waals surface area contributed by atoms with Gasteiger partial charge in [-0.2, -0.15) is 0 Å². The first kappa shape index (κ1) is 18.4. The average Bonchev–Trinajstić information content (AvgIpc) is 2.36. The maximum atomic E-state index is 11.7. The normalized spacial score (nSPS) is 14.0. The van der Waals surface area contributed by atoms with Crippen molar-refractivity contribution in [1.82, 2.24) is 5.32 Å². The number of nitrogens with two attached hydrogens (primary N) is 1. The summed E-state index contributed by atoms with van der Waals surface area (Å²) >= 11 is 3.32. The Balaban J connectivity index is 2.70. The minimum absolute atomic E-state index is 0.0657. The number of carbonyl (C=O) groups excluding carboxylic acids is 1. The van der Waals surface area contributed by atoms with Crippen LogP contribution in [0, 0.1) is 0 Å². The number of ether oxygens (including phenoxy) is 1. The molecule has 6 nitrogen and oxygen atoms in total. The Kier molecular flexibility index (Phi) is 6.37. The molecule has 0 aromatic heterocycles. The molecule has 0 spiro atoms. The highest BCUT2D eigenvalue weighted by Crippen LogP contribution is 2.19. The molecule has 22 heavy (non-hydrogen) atoms. The fourth-order valence-corrected chi connectivity index (χ4v) is 2.04. The van der Waals surface area contributed by atoms with Gasteiger partial charge in [0.15, 0.2) is 0 Å². The van der Waals surface area contributed by atoms with Crippen molar-refractivity contribution in [3.63, 3.8) is 0 Å². The van der Waals surface area contributed by atoms with Crippen LogP contribution in [-0.4, -0.2) is 28.8 Å². The van der Waals surface area contributed by atoms with Gasteiger partial charge in [0.05, 0.1) is 0 Å². The van der Waals surface area contributed by atoms with E-state index in [1.807, 2.05) is 12.1 Å². The van der Waals surface area contributed by atoms with E-state index in [0.717, 1.165) is 10.0 Å². The number of halogens is 1. The zero-order valence-electron chi connectivity index (χ0n) is 12.8. The maximum absolute atomic E-state index is 11.7. The smallest absolute Gasteiger partial charge is 0.408 e. The van der Waals surface area contributed by atoms with E-state index in [1.54, 1.807) is 32.9 Å². The molecule has 0 aliphatic rings. The Morgan fingerprint density at radius 1 is 1.32 bits per heavy atom. The molecule has 0 aliphatic heterocycles. The number of carboxylic acid groups (broad SMARTS) is 1. The van der Waals surface area contributed by atoms with Crippen molar-refractivity contribution in [2.24, 2.45) is 5.73 Å². The molecule has 2 atom stereocenters. The zero-order valence-corrected chi connectivity index (χ0v) is 14.4. The highest BCUT2D eigenvalue weighted by Gasteiger charge is 2.26. The van der Waals surface area contributed by atoms with Crippen molar-refractivity contribution in [2.75, 3.05) is 0 Å². The summed E-state index contributed by atoms with van der Waals surface area (Å²) in [4.78, 5) is 23.0. The summed E-state index contributed by atoms with van der Waals surface area (Å²) in [6.45, 7) is 5.11. The highest BCUT2D eigenvalue weighted by atomic mass is 79.9. The topological polar surface area (TPSA) is 102 Å². The second-order valence-electron chi connectivity index (χ2n) is 5.93. The van der Waals surface area contributed by atoms with Gasteiger partial charge in [0, 0.05) is 10.5 Å². The van der Waals surface area contributed by atoms with Gasteiger partial charge in [-0.3, -0.25) is 0 Å². The van der Waals surface area contributed by atoms with E-state index in [4.69, 9.17) is 10.5 Å². The first-order chi connectivity index (χ1) is 10.1. The van der Waals surface area contributed by atoms with E-state index in [9.17, 15) is 14.7 Å². The summed E-state index contributed by atoms with van der Waals surface area (Å²) in [5, 5.41) is 11.6. The third-order valence-electron chi connectivity index (χ3n) is 2.78. The predicted octanol–water partition coefficient (Wildman–Crippen LogP) is 2.82. The van der Waals surface area contributed by atoms with Gasteiger partial charge in [-0.05, 0) is 44.9 Å². The molecular weight excluding hydrogens is 352 g/mol. The molecule has 0 heterocycles. The van der Waals surface area contributed by atoms with Crippen molar-refractivity contribution < 1.29 is 19.4 Å². The van der Waals surface area contributed by atoms with Crippen LogP contribution in [0.25, 0.3) is 0 Å². The van der Waals surface area contributed by atoms with Gasteiger partial charge in [0.25, 0.3) is 0 Å². The van der Waals surface area contributed by atoms with Crippen LogP contribution in [0.3, 0.4) is 0 Å². The van der Waals surface area contributed by atoms with Crippen LogP contribution in [0.2, 0.25) is 0 Å². The maximum Gasteiger partial charge on any atom is 0.408 e. The molecule has 0 saturated carbocycles. The van der Waals surface area contributed by atoms with Crippen molar-refractivity contribution >= 4 is 28.0 Å². The lowest BCUT2D eigenvalue weighted by atomic mass is 10.0. The van der Waals surface area contributed by atoms with E-state index in [2.05, 4.69) is 21.2 Å². The SMILES string of the molecule is CC(C)(C)OC(=O)N[C@@H](C[C@H](N)c1ccc(Br)cc1)C(=O)O. The van der Waals surface area contributed by atoms with Gasteiger partial charge < -0.3 is 20.9 Å². The second-order valence-corrected chi connectivity index (χ2v) is 6.85. The second kappa shape index (κ2) is 7.60. The van der Waals surface area contributed by atoms with Gasteiger partial charge >= 0.3 is 12.1 Å². The Bertz CT molecular complexity index is 525. The number of rotatable bonds is 5.